The van der Waals surface area contributed by atoms with Crippen LogP contribution >= 0.6 is 0 Å². The van der Waals surface area contributed by atoms with E-state index in [9.17, 15) is 9.18 Å². The van der Waals surface area contributed by atoms with E-state index in [-0.39, 0.29) is 35.1 Å². The average molecular weight is 390 g/mol. The first-order chi connectivity index (χ1) is 13.5. The van der Waals surface area contributed by atoms with E-state index in [1.807, 2.05) is 4.90 Å². The molecule has 0 aliphatic carbocycles. The molecular formula is C19H23FN4O4. The van der Waals surface area contributed by atoms with Gasteiger partial charge >= 0.3 is 5.97 Å². The number of nitrogens with two attached hydrogens (primary N) is 1. The Morgan fingerprint density at radius 1 is 1.25 bits per heavy atom. The van der Waals surface area contributed by atoms with Crippen LogP contribution in [0.3, 0.4) is 0 Å². The summed E-state index contributed by atoms with van der Waals surface area (Å²) in [4.78, 5) is 23.3. The summed E-state index contributed by atoms with van der Waals surface area (Å²) in [5.74, 6) is -0.533. The van der Waals surface area contributed by atoms with Crippen molar-refractivity contribution in [3.8, 4) is 17.1 Å². The number of rotatable bonds is 6. The van der Waals surface area contributed by atoms with Gasteiger partial charge in [0, 0.05) is 18.8 Å². The first-order valence-electron chi connectivity index (χ1n) is 9.15. The van der Waals surface area contributed by atoms with Gasteiger partial charge in [-0.05, 0) is 32.0 Å². The summed E-state index contributed by atoms with van der Waals surface area (Å²) in [5, 5.41) is 0. The Morgan fingerprint density at radius 2 is 2.00 bits per heavy atom. The van der Waals surface area contributed by atoms with E-state index in [0.29, 0.717) is 38.7 Å². The minimum absolute atomic E-state index is 0.0357. The minimum Gasteiger partial charge on any atom is -0.488 e. The van der Waals surface area contributed by atoms with Crippen LogP contribution in [0.15, 0.2) is 18.2 Å². The Hall–Kier alpha value is -2.94. The molecule has 1 saturated heterocycles. The number of halogens is 1. The van der Waals surface area contributed by atoms with Crippen molar-refractivity contribution >= 4 is 17.5 Å². The van der Waals surface area contributed by atoms with E-state index in [4.69, 9.17) is 19.9 Å². The largest absolute Gasteiger partial charge is 0.488 e. The van der Waals surface area contributed by atoms with Gasteiger partial charge in [-0.3, -0.25) is 0 Å². The molecule has 0 atom stereocenters. The zero-order valence-electron chi connectivity index (χ0n) is 15.9. The summed E-state index contributed by atoms with van der Waals surface area (Å²) in [6.07, 6.45) is 0. The molecule has 1 aromatic heterocycles. The maximum Gasteiger partial charge on any atom is 0.361 e. The number of aromatic nitrogens is 2. The van der Waals surface area contributed by atoms with E-state index < -0.39 is 11.8 Å². The number of carbonyl (C=O) groups excluding carboxylic acids is 1. The number of benzene rings is 1. The van der Waals surface area contributed by atoms with Crippen molar-refractivity contribution in [2.75, 3.05) is 50.2 Å². The van der Waals surface area contributed by atoms with Gasteiger partial charge < -0.3 is 24.8 Å². The SMILES string of the molecule is CCOC(=O)c1nc(-c2ccc(N)cc2F)nc(N2CCOCC2)c1OCC. The lowest BCUT2D eigenvalue weighted by atomic mass is 10.1. The van der Waals surface area contributed by atoms with Crippen molar-refractivity contribution in [2.24, 2.45) is 0 Å². The Morgan fingerprint density at radius 3 is 2.64 bits per heavy atom. The maximum absolute atomic E-state index is 14.5. The van der Waals surface area contributed by atoms with Crippen molar-refractivity contribution < 1.29 is 23.4 Å². The number of anilines is 2. The molecular weight excluding hydrogens is 367 g/mol. The number of carbonyl (C=O) groups is 1. The Bertz CT molecular complexity index is 856. The van der Waals surface area contributed by atoms with Crippen LogP contribution in [-0.4, -0.2) is 55.5 Å². The fraction of sp³-hybridized carbons (Fsp3) is 0.421. The van der Waals surface area contributed by atoms with Gasteiger partial charge in [0.15, 0.2) is 23.1 Å². The molecule has 9 heteroatoms. The monoisotopic (exact) mass is 390 g/mol. The normalized spacial score (nSPS) is 14.0. The van der Waals surface area contributed by atoms with Gasteiger partial charge in [0.05, 0.1) is 32.0 Å². The Balaban J connectivity index is 2.19. The Kier molecular flexibility index (Phi) is 6.25. The fourth-order valence-electron chi connectivity index (χ4n) is 2.88. The van der Waals surface area contributed by atoms with Gasteiger partial charge in [-0.25, -0.2) is 19.2 Å². The van der Waals surface area contributed by atoms with Crippen molar-refractivity contribution in [1.82, 2.24) is 9.97 Å². The highest BCUT2D eigenvalue weighted by molar-refractivity contribution is 5.93. The van der Waals surface area contributed by atoms with E-state index in [1.54, 1.807) is 19.9 Å². The van der Waals surface area contributed by atoms with Crippen molar-refractivity contribution in [3.63, 3.8) is 0 Å². The third-order valence-electron chi connectivity index (χ3n) is 4.15. The van der Waals surface area contributed by atoms with Crippen molar-refractivity contribution in [2.45, 2.75) is 13.8 Å². The molecule has 0 spiro atoms. The molecule has 28 heavy (non-hydrogen) atoms. The van der Waals surface area contributed by atoms with Gasteiger partial charge in [0.25, 0.3) is 0 Å². The standard InChI is InChI=1S/C19H23FN4O4/c1-3-27-16-15(19(25)28-4-2)22-17(13-6-5-12(21)11-14(13)20)23-18(16)24-7-9-26-10-8-24/h5-6,11H,3-4,7-10,21H2,1-2H3. The second-order valence-electron chi connectivity index (χ2n) is 6.04. The fourth-order valence-corrected chi connectivity index (χ4v) is 2.88. The van der Waals surface area contributed by atoms with Crippen LogP contribution in [-0.2, 0) is 9.47 Å². The lowest BCUT2D eigenvalue weighted by Crippen LogP contribution is -2.37. The third-order valence-corrected chi connectivity index (χ3v) is 4.15. The molecule has 1 aliphatic heterocycles. The smallest absolute Gasteiger partial charge is 0.361 e. The summed E-state index contributed by atoms with van der Waals surface area (Å²) in [7, 11) is 0. The molecule has 2 N–H and O–H groups in total. The molecule has 0 bridgehead atoms. The maximum atomic E-state index is 14.5. The highest BCUT2D eigenvalue weighted by Gasteiger charge is 2.28. The lowest BCUT2D eigenvalue weighted by molar-refractivity contribution is 0.0514. The number of nitrogens with zero attached hydrogens (tertiary/aromatic N) is 3. The molecule has 1 fully saturated rings. The Labute approximate surface area is 162 Å². The highest BCUT2D eigenvalue weighted by Crippen LogP contribution is 2.34. The van der Waals surface area contributed by atoms with Crippen molar-refractivity contribution in [3.05, 3.63) is 29.7 Å². The number of nitrogen functional groups attached to an aromatic ring is 1. The summed E-state index contributed by atoms with van der Waals surface area (Å²) in [6, 6.07) is 4.22. The van der Waals surface area contributed by atoms with Crippen LogP contribution in [0.4, 0.5) is 15.9 Å². The lowest BCUT2D eigenvalue weighted by Gasteiger charge is -2.29. The minimum atomic E-state index is -0.653. The molecule has 1 aliphatic rings. The molecule has 1 aromatic carbocycles. The topological polar surface area (TPSA) is 99.8 Å². The molecule has 0 unspecified atom stereocenters. The first kappa shape index (κ1) is 19.8. The molecule has 8 nitrogen and oxygen atoms in total. The molecule has 2 aromatic rings. The predicted octanol–water partition coefficient (Wildman–Crippen LogP) is 2.28. The van der Waals surface area contributed by atoms with Crippen LogP contribution in [0.5, 0.6) is 5.75 Å². The summed E-state index contributed by atoms with van der Waals surface area (Å²) in [5.41, 5.74) is 6.02. The second kappa shape index (κ2) is 8.83. The van der Waals surface area contributed by atoms with Gasteiger partial charge in [-0.1, -0.05) is 0 Å². The summed E-state index contributed by atoms with van der Waals surface area (Å²) < 4.78 is 30.7. The third kappa shape index (κ3) is 4.14. The van der Waals surface area contributed by atoms with E-state index >= 15 is 0 Å². The predicted molar refractivity (Wildman–Crippen MR) is 102 cm³/mol. The molecule has 0 amide bonds. The van der Waals surface area contributed by atoms with Gasteiger partial charge in [-0.15, -0.1) is 0 Å². The molecule has 2 heterocycles. The number of esters is 1. The second-order valence-corrected chi connectivity index (χ2v) is 6.04. The van der Waals surface area contributed by atoms with E-state index in [1.165, 1.54) is 12.1 Å². The first-order valence-corrected chi connectivity index (χ1v) is 9.15. The molecule has 150 valence electrons. The van der Waals surface area contributed by atoms with E-state index in [2.05, 4.69) is 9.97 Å². The zero-order valence-corrected chi connectivity index (χ0v) is 15.9. The number of morpholine rings is 1. The number of hydrogen-bond donors (Lipinski definition) is 1. The van der Waals surface area contributed by atoms with Crippen LogP contribution in [0.1, 0.15) is 24.3 Å². The van der Waals surface area contributed by atoms with Crippen LogP contribution in [0.25, 0.3) is 11.4 Å². The van der Waals surface area contributed by atoms with Crippen molar-refractivity contribution in [1.29, 1.82) is 0 Å². The number of ether oxygens (including phenoxy) is 3. The quantitative estimate of drug-likeness (QED) is 0.592. The highest BCUT2D eigenvalue weighted by atomic mass is 19.1. The summed E-state index contributed by atoms with van der Waals surface area (Å²) >= 11 is 0. The van der Waals surface area contributed by atoms with Crippen LogP contribution in [0.2, 0.25) is 0 Å². The number of hydrogen-bond acceptors (Lipinski definition) is 8. The average Bonchev–Trinajstić information content (AvgIpc) is 2.69. The van der Waals surface area contributed by atoms with Gasteiger partial charge in [0.1, 0.15) is 5.82 Å². The molecule has 0 saturated carbocycles. The van der Waals surface area contributed by atoms with Crippen LogP contribution < -0.4 is 15.4 Å². The summed E-state index contributed by atoms with van der Waals surface area (Å²) in [6.45, 7) is 6.11. The van der Waals surface area contributed by atoms with E-state index in [0.717, 1.165) is 0 Å². The molecule has 0 radical (unpaired) electrons. The molecule has 3 rings (SSSR count). The van der Waals surface area contributed by atoms with Crippen LogP contribution in [0, 0.1) is 5.82 Å². The van der Waals surface area contributed by atoms with Gasteiger partial charge in [-0.2, -0.15) is 0 Å². The zero-order chi connectivity index (χ0) is 20.1. The van der Waals surface area contributed by atoms with Gasteiger partial charge in [0.2, 0.25) is 0 Å².